The molecular weight excluding hydrogens is 238 g/mol. The van der Waals surface area contributed by atoms with Gasteiger partial charge in [-0.3, -0.25) is 4.79 Å². The van der Waals surface area contributed by atoms with E-state index in [4.69, 9.17) is 5.73 Å². The standard InChI is InChI=1S/C15H21N3O/c16-13(11-5-6-11)9-17-15(19)10-18-8-7-12-3-1-2-4-14(12)18/h1-4,11,13H,5-10,16H2,(H,17,19). The lowest BCUT2D eigenvalue weighted by molar-refractivity contribution is -0.119. The summed E-state index contributed by atoms with van der Waals surface area (Å²) in [5.41, 5.74) is 8.52. The molecule has 1 heterocycles. The van der Waals surface area contributed by atoms with E-state index in [1.54, 1.807) is 0 Å². The molecule has 0 bridgehead atoms. The maximum Gasteiger partial charge on any atom is 0.239 e. The van der Waals surface area contributed by atoms with Gasteiger partial charge in [0.25, 0.3) is 0 Å². The molecule has 3 N–H and O–H groups in total. The zero-order valence-corrected chi connectivity index (χ0v) is 11.1. The lowest BCUT2D eigenvalue weighted by atomic mass is 10.2. The monoisotopic (exact) mass is 259 g/mol. The van der Waals surface area contributed by atoms with Crippen LogP contribution in [0.2, 0.25) is 0 Å². The zero-order valence-electron chi connectivity index (χ0n) is 11.1. The van der Waals surface area contributed by atoms with Crippen molar-refractivity contribution in [2.75, 3.05) is 24.5 Å². The number of anilines is 1. The summed E-state index contributed by atoms with van der Waals surface area (Å²) in [6.45, 7) is 1.98. The third kappa shape index (κ3) is 2.89. The molecule has 1 aromatic carbocycles. The van der Waals surface area contributed by atoms with Gasteiger partial charge in [-0.1, -0.05) is 18.2 Å². The van der Waals surface area contributed by atoms with Crippen LogP contribution in [-0.4, -0.2) is 31.6 Å². The van der Waals surface area contributed by atoms with Crippen molar-refractivity contribution in [3.8, 4) is 0 Å². The van der Waals surface area contributed by atoms with E-state index in [0.29, 0.717) is 19.0 Å². The molecule has 3 rings (SSSR count). The number of rotatable bonds is 5. The topological polar surface area (TPSA) is 58.4 Å². The van der Waals surface area contributed by atoms with Gasteiger partial charge in [0, 0.05) is 24.8 Å². The van der Waals surface area contributed by atoms with Crippen LogP contribution in [-0.2, 0) is 11.2 Å². The highest BCUT2D eigenvalue weighted by molar-refractivity contribution is 5.82. The Hall–Kier alpha value is -1.55. The van der Waals surface area contributed by atoms with Crippen molar-refractivity contribution in [3.05, 3.63) is 29.8 Å². The van der Waals surface area contributed by atoms with E-state index >= 15 is 0 Å². The second-order valence-electron chi connectivity index (χ2n) is 5.61. The fourth-order valence-corrected chi connectivity index (χ4v) is 2.72. The summed E-state index contributed by atoms with van der Waals surface area (Å²) in [4.78, 5) is 14.1. The van der Waals surface area contributed by atoms with Gasteiger partial charge in [-0.2, -0.15) is 0 Å². The van der Waals surface area contributed by atoms with E-state index in [1.165, 1.54) is 24.1 Å². The van der Waals surface area contributed by atoms with Crippen molar-refractivity contribution in [1.29, 1.82) is 0 Å². The van der Waals surface area contributed by atoms with Crippen LogP contribution in [0, 0.1) is 5.92 Å². The number of nitrogens with two attached hydrogens (primary N) is 1. The Bertz CT molecular complexity index is 470. The van der Waals surface area contributed by atoms with Crippen LogP contribution in [0.15, 0.2) is 24.3 Å². The molecule has 0 aromatic heterocycles. The third-order valence-corrected chi connectivity index (χ3v) is 4.08. The van der Waals surface area contributed by atoms with Crippen molar-refractivity contribution >= 4 is 11.6 Å². The Kier molecular flexibility index (Phi) is 3.42. The number of para-hydroxylation sites is 1. The molecule has 1 fully saturated rings. The molecule has 1 unspecified atom stereocenters. The second-order valence-corrected chi connectivity index (χ2v) is 5.61. The average Bonchev–Trinajstić information content (AvgIpc) is 3.20. The SMILES string of the molecule is NC(CNC(=O)CN1CCc2ccccc21)C1CC1. The summed E-state index contributed by atoms with van der Waals surface area (Å²) in [5, 5.41) is 2.96. The second kappa shape index (κ2) is 5.21. The van der Waals surface area contributed by atoms with Crippen LogP contribution >= 0.6 is 0 Å². The number of benzene rings is 1. The fourth-order valence-electron chi connectivity index (χ4n) is 2.72. The van der Waals surface area contributed by atoms with E-state index in [9.17, 15) is 4.79 Å². The molecule has 1 atom stereocenters. The molecule has 19 heavy (non-hydrogen) atoms. The van der Waals surface area contributed by atoms with Crippen molar-refractivity contribution in [2.45, 2.75) is 25.3 Å². The van der Waals surface area contributed by atoms with Crippen LogP contribution in [0.1, 0.15) is 18.4 Å². The van der Waals surface area contributed by atoms with E-state index in [2.05, 4.69) is 28.4 Å². The molecular formula is C15H21N3O. The molecule has 4 nitrogen and oxygen atoms in total. The highest BCUT2D eigenvalue weighted by atomic mass is 16.2. The van der Waals surface area contributed by atoms with Gasteiger partial charge in [-0.05, 0) is 36.8 Å². The molecule has 1 saturated carbocycles. The minimum absolute atomic E-state index is 0.0767. The number of hydrogen-bond donors (Lipinski definition) is 2. The van der Waals surface area contributed by atoms with Crippen LogP contribution in [0.5, 0.6) is 0 Å². The van der Waals surface area contributed by atoms with Crippen LogP contribution in [0.3, 0.4) is 0 Å². The number of nitrogens with one attached hydrogen (secondary N) is 1. The molecule has 4 heteroatoms. The van der Waals surface area contributed by atoms with Crippen molar-refractivity contribution in [3.63, 3.8) is 0 Å². The van der Waals surface area contributed by atoms with E-state index in [-0.39, 0.29) is 11.9 Å². The average molecular weight is 259 g/mol. The zero-order chi connectivity index (χ0) is 13.2. The number of carbonyl (C=O) groups excluding carboxylic acids is 1. The maximum absolute atomic E-state index is 11.9. The first-order valence-corrected chi connectivity index (χ1v) is 7.09. The quantitative estimate of drug-likeness (QED) is 0.826. The highest BCUT2D eigenvalue weighted by Gasteiger charge is 2.28. The summed E-state index contributed by atoms with van der Waals surface area (Å²) >= 11 is 0. The predicted molar refractivity (Wildman–Crippen MR) is 76.1 cm³/mol. The highest BCUT2D eigenvalue weighted by Crippen LogP contribution is 2.31. The van der Waals surface area contributed by atoms with Gasteiger partial charge in [-0.15, -0.1) is 0 Å². The van der Waals surface area contributed by atoms with Gasteiger partial charge in [0.1, 0.15) is 0 Å². The number of fused-ring (bicyclic) bond motifs is 1. The molecule has 2 aliphatic rings. The minimum atomic E-state index is 0.0767. The molecule has 1 aliphatic carbocycles. The van der Waals surface area contributed by atoms with Crippen LogP contribution < -0.4 is 16.0 Å². The molecule has 1 aliphatic heterocycles. The first kappa shape index (κ1) is 12.5. The largest absolute Gasteiger partial charge is 0.362 e. The van der Waals surface area contributed by atoms with Gasteiger partial charge < -0.3 is 16.0 Å². The normalized spacial score (nSPS) is 19.1. The fraction of sp³-hybridized carbons (Fsp3) is 0.533. The van der Waals surface area contributed by atoms with Gasteiger partial charge in [0.15, 0.2) is 0 Å². The molecule has 0 spiro atoms. The Balaban J connectivity index is 1.50. The summed E-state index contributed by atoms with van der Waals surface area (Å²) in [6.07, 6.45) is 3.47. The number of carbonyl (C=O) groups is 1. The Morgan fingerprint density at radius 3 is 3.00 bits per heavy atom. The summed E-state index contributed by atoms with van der Waals surface area (Å²) in [7, 11) is 0. The molecule has 102 valence electrons. The van der Waals surface area contributed by atoms with Crippen molar-refractivity contribution in [2.24, 2.45) is 11.7 Å². The first-order valence-electron chi connectivity index (χ1n) is 7.09. The maximum atomic E-state index is 11.9. The van der Waals surface area contributed by atoms with Gasteiger partial charge in [0.05, 0.1) is 6.54 Å². The number of hydrogen-bond acceptors (Lipinski definition) is 3. The summed E-state index contributed by atoms with van der Waals surface area (Å²) in [5.74, 6) is 0.709. The summed E-state index contributed by atoms with van der Waals surface area (Å²) in [6, 6.07) is 8.44. The third-order valence-electron chi connectivity index (χ3n) is 4.08. The van der Waals surface area contributed by atoms with E-state index in [1.807, 2.05) is 6.07 Å². The Morgan fingerprint density at radius 1 is 1.42 bits per heavy atom. The predicted octanol–water partition coefficient (Wildman–Crippen LogP) is 0.903. The van der Waals surface area contributed by atoms with Gasteiger partial charge in [-0.25, -0.2) is 0 Å². The van der Waals surface area contributed by atoms with Crippen molar-refractivity contribution in [1.82, 2.24) is 5.32 Å². The number of nitrogens with zero attached hydrogens (tertiary/aromatic N) is 1. The molecule has 1 amide bonds. The van der Waals surface area contributed by atoms with E-state index < -0.39 is 0 Å². The molecule has 0 saturated heterocycles. The lowest BCUT2D eigenvalue weighted by Gasteiger charge is -2.19. The minimum Gasteiger partial charge on any atom is -0.362 e. The molecule has 1 aromatic rings. The van der Waals surface area contributed by atoms with Crippen LogP contribution in [0.25, 0.3) is 0 Å². The Labute approximate surface area is 114 Å². The number of amides is 1. The van der Waals surface area contributed by atoms with Crippen molar-refractivity contribution < 1.29 is 4.79 Å². The summed E-state index contributed by atoms with van der Waals surface area (Å²) < 4.78 is 0. The van der Waals surface area contributed by atoms with E-state index in [0.717, 1.165) is 13.0 Å². The Morgan fingerprint density at radius 2 is 2.21 bits per heavy atom. The van der Waals surface area contributed by atoms with Crippen LogP contribution in [0.4, 0.5) is 5.69 Å². The smallest absolute Gasteiger partial charge is 0.239 e. The van der Waals surface area contributed by atoms with Gasteiger partial charge in [0.2, 0.25) is 5.91 Å². The lowest BCUT2D eigenvalue weighted by Crippen LogP contribution is -2.43. The first-order chi connectivity index (χ1) is 9.24. The molecule has 0 radical (unpaired) electrons. The van der Waals surface area contributed by atoms with Gasteiger partial charge >= 0.3 is 0 Å².